The molecule has 0 spiro atoms. The molecule has 0 aliphatic carbocycles. The second kappa shape index (κ2) is 7.34. The number of fused-ring (bicyclic) bond motifs is 8. The summed E-state index contributed by atoms with van der Waals surface area (Å²) in [4.78, 5) is 0. The third-order valence-corrected chi connectivity index (χ3v) is 7.48. The Balaban J connectivity index is 1.59. The van der Waals surface area contributed by atoms with E-state index < -0.39 is 0 Å². The molecule has 0 amide bonds. The molecule has 0 radical (unpaired) electrons. The highest BCUT2D eigenvalue weighted by Gasteiger charge is 2.20. The third kappa shape index (κ3) is 2.61. The van der Waals surface area contributed by atoms with Gasteiger partial charge in [0.05, 0.1) is 22.1 Å². The summed E-state index contributed by atoms with van der Waals surface area (Å²) in [6, 6.07) is 48.2. The Morgan fingerprint density at radius 2 is 1.03 bits per heavy atom. The average molecular weight is 459 g/mol. The monoisotopic (exact) mass is 458 g/mol. The van der Waals surface area contributed by atoms with E-state index in [4.69, 9.17) is 0 Å². The van der Waals surface area contributed by atoms with Crippen LogP contribution in [0.25, 0.3) is 65.8 Å². The van der Waals surface area contributed by atoms with Crippen LogP contribution in [0.4, 0.5) is 0 Å². The zero-order valence-electron chi connectivity index (χ0n) is 19.6. The van der Waals surface area contributed by atoms with Crippen molar-refractivity contribution in [3.63, 3.8) is 0 Å². The van der Waals surface area contributed by atoms with Crippen molar-refractivity contribution >= 4 is 54.4 Å². The van der Waals surface area contributed by atoms with Crippen LogP contribution in [-0.4, -0.2) is 9.13 Å². The SMILES string of the molecule is c1ccc(-n2c3ccccc3c3ccc4c(c5ccccc5n4-c4ccc5ccccc5c4)c32)cc1. The van der Waals surface area contributed by atoms with Gasteiger partial charge >= 0.3 is 0 Å². The Bertz CT molecular complexity index is 2090. The van der Waals surface area contributed by atoms with E-state index in [9.17, 15) is 0 Å². The predicted octanol–water partition coefficient (Wildman–Crippen LogP) is 9.03. The number of aromatic nitrogens is 2. The standard InChI is InChI=1S/C34H22N2/c1-2-12-25(13-3-1)36-30-16-8-6-14-27(30)28-20-21-32-33(34(28)36)29-15-7-9-17-31(29)35(32)26-19-18-23-10-4-5-11-24(23)22-26/h1-22H. The fourth-order valence-corrected chi connectivity index (χ4v) is 5.95. The Kier molecular flexibility index (Phi) is 3.97. The summed E-state index contributed by atoms with van der Waals surface area (Å²) in [7, 11) is 0. The van der Waals surface area contributed by atoms with Crippen molar-refractivity contribution in [3.8, 4) is 11.4 Å². The van der Waals surface area contributed by atoms with E-state index in [1.807, 2.05) is 0 Å². The zero-order valence-corrected chi connectivity index (χ0v) is 19.6. The first kappa shape index (κ1) is 19.5. The van der Waals surface area contributed by atoms with Gasteiger partial charge in [0, 0.05) is 32.9 Å². The quantitative estimate of drug-likeness (QED) is 0.244. The molecule has 0 saturated carbocycles. The summed E-state index contributed by atoms with van der Waals surface area (Å²) in [5.74, 6) is 0. The minimum atomic E-state index is 1.18. The molecule has 0 aliphatic heterocycles. The van der Waals surface area contributed by atoms with E-state index >= 15 is 0 Å². The van der Waals surface area contributed by atoms with Crippen LogP contribution in [0.15, 0.2) is 133 Å². The van der Waals surface area contributed by atoms with Crippen LogP contribution in [0.5, 0.6) is 0 Å². The molecule has 0 unspecified atom stereocenters. The third-order valence-electron chi connectivity index (χ3n) is 7.48. The molecule has 2 heterocycles. The number of hydrogen-bond acceptors (Lipinski definition) is 0. The first-order valence-electron chi connectivity index (χ1n) is 12.4. The molecule has 6 aromatic carbocycles. The van der Waals surface area contributed by atoms with Gasteiger partial charge in [-0.05, 0) is 53.2 Å². The van der Waals surface area contributed by atoms with Gasteiger partial charge in [0.15, 0.2) is 0 Å². The van der Waals surface area contributed by atoms with Crippen LogP contribution in [0, 0.1) is 0 Å². The van der Waals surface area contributed by atoms with Gasteiger partial charge in [-0.25, -0.2) is 0 Å². The van der Waals surface area contributed by atoms with Crippen molar-refractivity contribution in [2.24, 2.45) is 0 Å². The van der Waals surface area contributed by atoms with E-state index in [0.29, 0.717) is 0 Å². The lowest BCUT2D eigenvalue weighted by atomic mass is 10.1. The summed E-state index contributed by atoms with van der Waals surface area (Å²) in [5, 5.41) is 7.63. The molecule has 2 aromatic heterocycles. The first-order valence-corrected chi connectivity index (χ1v) is 12.4. The number of para-hydroxylation sites is 3. The molecule has 0 fully saturated rings. The maximum atomic E-state index is 2.43. The fourth-order valence-electron chi connectivity index (χ4n) is 5.95. The highest BCUT2D eigenvalue weighted by atomic mass is 15.0. The fraction of sp³-hybridized carbons (Fsp3) is 0. The van der Waals surface area contributed by atoms with Crippen molar-refractivity contribution in [1.82, 2.24) is 9.13 Å². The second-order valence-corrected chi connectivity index (χ2v) is 9.43. The lowest BCUT2D eigenvalue weighted by Crippen LogP contribution is -1.95. The first-order chi connectivity index (χ1) is 17.9. The Morgan fingerprint density at radius 1 is 0.361 bits per heavy atom. The highest BCUT2D eigenvalue weighted by molar-refractivity contribution is 6.26. The number of nitrogens with zero attached hydrogens (tertiary/aromatic N) is 2. The Labute approximate surface area is 208 Å². The van der Waals surface area contributed by atoms with Crippen LogP contribution in [0.1, 0.15) is 0 Å². The molecule has 8 rings (SSSR count). The lowest BCUT2D eigenvalue weighted by Gasteiger charge is -2.10. The van der Waals surface area contributed by atoms with Crippen molar-refractivity contribution in [2.75, 3.05) is 0 Å². The summed E-state index contributed by atoms with van der Waals surface area (Å²) in [5.41, 5.74) is 7.30. The van der Waals surface area contributed by atoms with Gasteiger partial charge in [-0.3, -0.25) is 0 Å². The van der Waals surface area contributed by atoms with E-state index in [2.05, 4.69) is 143 Å². The van der Waals surface area contributed by atoms with Gasteiger partial charge in [-0.15, -0.1) is 0 Å². The smallest absolute Gasteiger partial charge is 0.0641 e. The van der Waals surface area contributed by atoms with Gasteiger partial charge in [-0.2, -0.15) is 0 Å². The van der Waals surface area contributed by atoms with E-state index in [0.717, 1.165) is 0 Å². The van der Waals surface area contributed by atoms with Gasteiger partial charge in [0.2, 0.25) is 0 Å². The maximum absolute atomic E-state index is 2.43. The molecule has 0 saturated heterocycles. The van der Waals surface area contributed by atoms with Gasteiger partial charge in [0.25, 0.3) is 0 Å². The Hall–Kier alpha value is -4.82. The van der Waals surface area contributed by atoms with E-state index in [1.165, 1.54) is 65.8 Å². The van der Waals surface area contributed by atoms with Crippen molar-refractivity contribution < 1.29 is 0 Å². The number of hydrogen-bond donors (Lipinski definition) is 0. The summed E-state index contributed by atoms with van der Waals surface area (Å²) in [6.07, 6.45) is 0. The molecule has 36 heavy (non-hydrogen) atoms. The zero-order chi connectivity index (χ0) is 23.6. The molecule has 8 aromatic rings. The molecule has 0 aliphatic rings. The Morgan fingerprint density at radius 3 is 1.86 bits per heavy atom. The molecule has 0 N–H and O–H groups in total. The second-order valence-electron chi connectivity index (χ2n) is 9.43. The van der Waals surface area contributed by atoms with Crippen molar-refractivity contribution in [3.05, 3.63) is 133 Å². The summed E-state index contributed by atoms with van der Waals surface area (Å²) in [6.45, 7) is 0. The highest BCUT2D eigenvalue weighted by Crippen LogP contribution is 2.41. The molecule has 2 nitrogen and oxygen atoms in total. The van der Waals surface area contributed by atoms with Crippen LogP contribution in [0.2, 0.25) is 0 Å². The topological polar surface area (TPSA) is 9.86 Å². The van der Waals surface area contributed by atoms with Crippen molar-refractivity contribution in [2.45, 2.75) is 0 Å². The van der Waals surface area contributed by atoms with Gasteiger partial charge in [0.1, 0.15) is 0 Å². The predicted molar refractivity (Wildman–Crippen MR) is 153 cm³/mol. The summed E-state index contributed by atoms with van der Waals surface area (Å²) >= 11 is 0. The average Bonchev–Trinajstić information content (AvgIpc) is 3.46. The van der Waals surface area contributed by atoms with E-state index in [1.54, 1.807) is 0 Å². The van der Waals surface area contributed by atoms with Gasteiger partial charge in [-0.1, -0.05) is 91.0 Å². The number of rotatable bonds is 2. The molecule has 168 valence electrons. The minimum Gasteiger partial charge on any atom is -0.309 e. The van der Waals surface area contributed by atoms with Crippen LogP contribution >= 0.6 is 0 Å². The van der Waals surface area contributed by atoms with Crippen molar-refractivity contribution in [1.29, 1.82) is 0 Å². The van der Waals surface area contributed by atoms with Gasteiger partial charge < -0.3 is 9.13 Å². The molecule has 2 heteroatoms. The molecule has 0 bridgehead atoms. The minimum absolute atomic E-state index is 1.18. The largest absolute Gasteiger partial charge is 0.309 e. The van der Waals surface area contributed by atoms with E-state index in [-0.39, 0.29) is 0 Å². The summed E-state index contributed by atoms with van der Waals surface area (Å²) < 4.78 is 4.85. The lowest BCUT2D eigenvalue weighted by molar-refractivity contribution is 1.18. The molecular formula is C34H22N2. The maximum Gasteiger partial charge on any atom is 0.0641 e. The number of benzene rings is 6. The molecular weight excluding hydrogens is 436 g/mol. The normalized spacial score (nSPS) is 11.9. The van der Waals surface area contributed by atoms with Crippen LogP contribution < -0.4 is 0 Å². The molecule has 0 atom stereocenters. The van der Waals surface area contributed by atoms with Crippen LogP contribution in [-0.2, 0) is 0 Å². The van der Waals surface area contributed by atoms with Crippen LogP contribution in [0.3, 0.4) is 0 Å².